The van der Waals surface area contributed by atoms with Gasteiger partial charge in [0.05, 0.1) is 10.2 Å². The number of nitrogens with zero attached hydrogens (tertiary/aromatic N) is 3. The number of piperidine rings is 1. The number of anilines is 1. The minimum absolute atomic E-state index is 0.0256. The van der Waals surface area contributed by atoms with Crippen molar-refractivity contribution >= 4 is 38.6 Å². The zero-order chi connectivity index (χ0) is 19.0. The molecular formula is C20H26N4O2S. The van der Waals surface area contributed by atoms with Gasteiger partial charge in [-0.2, -0.15) is 0 Å². The molecule has 2 aliphatic heterocycles. The number of carbonyl (C=O) groups is 2. The van der Waals surface area contributed by atoms with Crippen LogP contribution in [0.5, 0.6) is 0 Å². The summed E-state index contributed by atoms with van der Waals surface area (Å²) in [6.45, 7) is 7.17. The average Bonchev–Trinajstić information content (AvgIpc) is 3.35. The summed E-state index contributed by atoms with van der Waals surface area (Å²) < 4.78 is 1.14. The summed E-state index contributed by atoms with van der Waals surface area (Å²) in [5.41, 5.74) is 3.28. The highest BCUT2D eigenvalue weighted by molar-refractivity contribution is 7.22. The van der Waals surface area contributed by atoms with Gasteiger partial charge in [-0.1, -0.05) is 23.5 Å². The number of aryl methyl sites for hydroxylation is 2. The van der Waals surface area contributed by atoms with E-state index in [1.807, 2.05) is 16.7 Å². The van der Waals surface area contributed by atoms with Crippen LogP contribution in [0.15, 0.2) is 12.1 Å². The molecule has 1 N–H and O–H groups in total. The van der Waals surface area contributed by atoms with E-state index in [9.17, 15) is 9.59 Å². The molecule has 0 bridgehead atoms. The van der Waals surface area contributed by atoms with Crippen LogP contribution in [0.3, 0.4) is 0 Å². The van der Waals surface area contributed by atoms with Gasteiger partial charge < -0.3 is 15.1 Å². The molecule has 3 heterocycles. The third kappa shape index (κ3) is 3.65. The number of nitrogens with one attached hydrogen (secondary N) is 1. The average molecular weight is 387 g/mol. The van der Waals surface area contributed by atoms with Gasteiger partial charge in [-0.3, -0.25) is 4.79 Å². The first kappa shape index (κ1) is 18.2. The molecule has 0 atom stereocenters. The number of hydrogen-bond donors (Lipinski definition) is 1. The van der Waals surface area contributed by atoms with Crippen molar-refractivity contribution in [2.75, 3.05) is 31.5 Å². The minimum Gasteiger partial charge on any atom is -0.325 e. The van der Waals surface area contributed by atoms with E-state index >= 15 is 0 Å². The number of rotatable bonds is 2. The van der Waals surface area contributed by atoms with Crippen LogP contribution in [-0.4, -0.2) is 52.9 Å². The molecule has 0 spiro atoms. The number of urea groups is 1. The van der Waals surface area contributed by atoms with Crippen LogP contribution in [0, 0.1) is 19.8 Å². The first-order valence-electron chi connectivity index (χ1n) is 9.74. The van der Waals surface area contributed by atoms with Crippen LogP contribution in [0.2, 0.25) is 0 Å². The standard InChI is InChI=1S/C20H26N4O2S/c1-13-5-6-14(2)17-16(13)21-19(27-17)22-18(25)15-7-11-24(12-8-15)20(26)23-9-3-4-10-23/h5-6,15H,3-4,7-12H2,1-2H3,(H,21,22,25). The number of benzene rings is 1. The highest BCUT2D eigenvalue weighted by Crippen LogP contribution is 2.31. The highest BCUT2D eigenvalue weighted by Gasteiger charge is 2.30. The lowest BCUT2D eigenvalue weighted by Crippen LogP contribution is -2.47. The van der Waals surface area contributed by atoms with Gasteiger partial charge in [-0.05, 0) is 50.7 Å². The van der Waals surface area contributed by atoms with Crippen molar-refractivity contribution in [3.63, 3.8) is 0 Å². The molecule has 7 heteroatoms. The normalized spacial score (nSPS) is 18.3. The predicted molar refractivity (Wildman–Crippen MR) is 108 cm³/mol. The van der Waals surface area contributed by atoms with E-state index in [0.29, 0.717) is 31.1 Å². The van der Waals surface area contributed by atoms with Crippen molar-refractivity contribution in [1.29, 1.82) is 0 Å². The maximum atomic E-state index is 12.7. The van der Waals surface area contributed by atoms with Gasteiger partial charge >= 0.3 is 6.03 Å². The van der Waals surface area contributed by atoms with E-state index in [-0.39, 0.29) is 17.9 Å². The smallest absolute Gasteiger partial charge is 0.319 e. The Balaban J connectivity index is 1.36. The maximum Gasteiger partial charge on any atom is 0.319 e. The van der Waals surface area contributed by atoms with Gasteiger partial charge in [0.1, 0.15) is 0 Å². The van der Waals surface area contributed by atoms with E-state index in [0.717, 1.165) is 41.7 Å². The quantitative estimate of drug-likeness (QED) is 0.854. The van der Waals surface area contributed by atoms with Gasteiger partial charge in [0.25, 0.3) is 0 Å². The van der Waals surface area contributed by atoms with E-state index in [2.05, 4.69) is 29.4 Å². The monoisotopic (exact) mass is 386 g/mol. The third-order valence-electron chi connectivity index (χ3n) is 5.69. The van der Waals surface area contributed by atoms with Gasteiger partial charge in [0.2, 0.25) is 5.91 Å². The molecule has 0 saturated carbocycles. The van der Waals surface area contributed by atoms with E-state index in [1.54, 1.807) is 0 Å². The molecule has 144 valence electrons. The van der Waals surface area contributed by atoms with Gasteiger partial charge in [0.15, 0.2) is 5.13 Å². The molecule has 1 aromatic heterocycles. The summed E-state index contributed by atoms with van der Waals surface area (Å²) in [6, 6.07) is 4.30. The van der Waals surface area contributed by atoms with Gasteiger partial charge in [-0.15, -0.1) is 0 Å². The molecule has 2 fully saturated rings. The second-order valence-electron chi connectivity index (χ2n) is 7.62. The molecule has 2 saturated heterocycles. The number of aromatic nitrogens is 1. The van der Waals surface area contributed by atoms with Crippen molar-refractivity contribution in [1.82, 2.24) is 14.8 Å². The largest absolute Gasteiger partial charge is 0.325 e. The van der Waals surface area contributed by atoms with E-state index in [4.69, 9.17) is 0 Å². The molecule has 27 heavy (non-hydrogen) atoms. The number of hydrogen-bond acceptors (Lipinski definition) is 4. The second kappa shape index (κ2) is 7.46. The zero-order valence-electron chi connectivity index (χ0n) is 16.0. The Morgan fingerprint density at radius 3 is 2.33 bits per heavy atom. The Kier molecular flexibility index (Phi) is 5.04. The predicted octanol–water partition coefficient (Wildman–Crippen LogP) is 3.78. The summed E-state index contributed by atoms with van der Waals surface area (Å²) >= 11 is 1.54. The lowest BCUT2D eigenvalue weighted by atomic mass is 9.96. The number of carbonyl (C=O) groups excluding carboxylic acids is 2. The van der Waals surface area contributed by atoms with Crippen molar-refractivity contribution in [2.24, 2.45) is 5.92 Å². The molecule has 1 aromatic carbocycles. The van der Waals surface area contributed by atoms with E-state index < -0.39 is 0 Å². The molecular weight excluding hydrogens is 360 g/mol. The molecule has 0 radical (unpaired) electrons. The van der Waals surface area contributed by atoms with Crippen LogP contribution in [0.4, 0.5) is 9.93 Å². The third-order valence-corrected chi connectivity index (χ3v) is 6.79. The Morgan fingerprint density at radius 1 is 1.04 bits per heavy atom. The fraction of sp³-hybridized carbons (Fsp3) is 0.550. The summed E-state index contributed by atoms with van der Waals surface area (Å²) in [5.74, 6) is -0.0283. The minimum atomic E-state index is -0.0539. The van der Waals surface area contributed by atoms with Crippen molar-refractivity contribution in [2.45, 2.75) is 39.5 Å². The molecule has 3 amide bonds. The molecule has 0 unspecified atom stereocenters. The summed E-state index contributed by atoms with van der Waals surface area (Å²) in [5, 5.41) is 3.68. The first-order valence-corrected chi connectivity index (χ1v) is 10.6. The fourth-order valence-corrected chi connectivity index (χ4v) is 4.98. The summed E-state index contributed by atoms with van der Waals surface area (Å²) in [6.07, 6.45) is 3.64. The highest BCUT2D eigenvalue weighted by atomic mass is 32.1. The number of fused-ring (bicyclic) bond motifs is 1. The van der Waals surface area contributed by atoms with Crippen molar-refractivity contribution < 1.29 is 9.59 Å². The van der Waals surface area contributed by atoms with Crippen molar-refractivity contribution in [3.8, 4) is 0 Å². The first-order chi connectivity index (χ1) is 13.0. The lowest BCUT2D eigenvalue weighted by molar-refractivity contribution is -0.121. The van der Waals surface area contributed by atoms with Crippen LogP contribution in [-0.2, 0) is 4.79 Å². The van der Waals surface area contributed by atoms with E-state index in [1.165, 1.54) is 16.9 Å². The summed E-state index contributed by atoms with van der Waals surface area (Å²) in [7, 11) is 0. The van der Waals surface area contributed by atoms with Crippen LogP contribution < -0.4 is 5.32 Å². The Labute approximate surface area is 163 Å². The topological polar surface area (TPSA) is 65.5 Å². The molecule has 4 rings (SSSR count). The van der Waals surface area contributed by atoms with Crippen LogP contribution >= 0.6 is 11.3 Å². The Bertz CT molecular complexity index is 825. The Morgan fingerprint density at radius 2 is 1.67 bits per heavy atom. The summed E-state index contributed by atoms with van der Waals surface area (Å²) in [4.78, 5) is 33.6. The molecule has 6 nitrogen and oxygen atoms in total. The van der Waals surface area contributed by atoms with Crippen molar-refractivity contribution in [3.05, 3.63) is 23.3 Å². The van der Waals surface area contributed by atoms with Crippen LogP contribution in [0.25, 0.3) is 10.2 Å². The van der Waals surface area contributed by atoms with Crippen LogP contribution in [0.1, 0.15) is 36.8 Å². The SMILES string of the molecule is Cc1ccc(C)c2sc(NC(=O)C3CCN(C(=O)N4CCCC4)CC3)nc12. The number of likely N-dealkylation sites (tertiary alicyclic amines) is 2. The van der Waals surface area contributed by atoms with Gasteiger partial charge in [-0.25, -0.2) is 9.78 Å². The Hall–Kier alpha value is -2.15. The lowest BCUT2D eigenvalue weighted by Gasteiger charge is -2.33. The molecule has 2 aromatic rings. The fourth-order valence-electron chi connectivity index (χ4n) is 3.96. The number of thiazole rings is 1. The maximum absolute atomic E-state index is 12.7. The molecule has 2 aliphatic rings. The molecule has 0 aliphatic carbocycles. The van der Waals surface area contributed by atoms with Gasteiger partial charge in [0, 0.05) is 32.1 Å². The zero-order valence-corrected chi connectivity index (χ0v) is 16.8. The number of amides is 3. The second-order valence-corrected chi connectivity index (χ2v) is 8.62.